The van der Waals surface area contributed by atoms with E-state index in [9.17, 15) is 19.8 Å². The summed E-state index contributed by atoms with van der Waals surface area (Å²) in [6, 6.07) is 0.381. The summed E-state index contributed by atoms with van der Waals surface area (Å²) >= 11 is 1.67. The van der Waals surface area contributed by atoms with Crippen molar-refractivity contribution >= 4 is 23.6 Å². The van der Waals surface area contributed by atoms with Crippen molar-refractivity contribution in [2.75, 3.05) is 19.6 Å². The van der Waals surface area contributed by atoms with Gasteiger partial charge in [-0.3, -0.25) is 9.69 Å². The first-order chi connectivity index (χ1) is 14.3. The van der Waals surface area contributed by atoms with Crippen molar-refractivity contribution in [3.63, 3.8) is 0 Å². The number of fused-ring (bicyclic) bond motifs is 1. The van der Waals surface area contributed by atoms with E-state index in [-0.39, 0.29) is 35.9 Å². The monoisotopic (exact) mass is 437 g/mol. The van der Waals surface area contributed by atoms with Crippen LogP contribution in [0.5, 0.6) is 0 Å². The Morgan fingerprint density at radius 3 is 2.57 bits per heavy atom. The first-order valence-corrected chi connectivity index (χ1v) is 12.3. The van der Waals surface area contributed by atoms with Crippen LogP contribution in [0.15, 0.2) is 10.6 Å². The van der Waals surface area contributed by atoms with Gasteiger partial charge >= 0.3 is 5.97 Å². The summed E-state index contributed by atoms with van der Waals surface area (Å²) in [7, 11) is 0. The van der Waals surface area contributed by atoms with Gasteiger partial charge in [-0.15, -0.1) is 11.8 Å². The Kier molecular flexibility index (Phi) is 6.49. The second-order valence-corrected chi connectivity index (χ2v) is 10.9. The highest BCUT2D eigenvalue weighted by molar-refractivity contribution is 8.03. The quantitative estimate of drug-likeness (QED) is 0.582. The maximum Gasteiger partial charge on any atom is 0.353 e. The number of carbonyl (C=O) groups is 2. The highest BCUT2D eigenvalue weighted by Gasteiger charge is 2.54. The van der Waals surface area contributed by atoms with Gasteiger partial charge in [-0.25, -0.2) is 4.79 Å². The molecule has 4 aliphatic rings. The number of nitrogens with two attached hydrogens (primary N) is 1. The number of likely N-dealkylation sites (tertiary alicyclic amines) is 1. The van der Waals surface area contributed by atoms with Crippen LogP contribution >= 0.6 is 11.8 Å². The molecule has 30 heavy (non-hydrogen) atoms. The Hall–Kier alpha value is -1.09. The molecule has 0 aromatic rings. The summed E-state index contributed by atoms with van der Waals surface area (Å²) in [6.07, 6.45) is 5.47. The number of hydrogen-bond acceptors (Lipinski definition) is 6. The molecular formula is C22H35N3O4S. The minimum atomic E-state index is -1.03. The molecule has 8 heteroatoms. The minimum Gasteiger partial charge on any atom is -0.477 e. The third-order valence-electron chi connectivity index (χ3n) is 7.77. The van der Waals surface area contributed by atoms with Gasteiger partial charge in [0.1, 0.15) is 5.70 Å². The molecule has 0 aromatic heterocycles. The van der Waals surface area contributed by atoms with Crippen LogP contribution in [-0.2, 0) is 9.59 Å². The summed E-state index contributed by atoms with van der Waals surface area (Å²) in [4.78, 5) is 29.6. The van der Waals surface area contributed by atoms with Gasteiger partial charge in [0.05, 0.1) is 12.1 Å². The van der Waals surface area contributed by atoms with Gasteiger partial charge in [0.2, 0.25) is 5.91 Å². The van der Waals surface area contributed by atoms with Crippen molar-refractivity contribution in [2.24, 2.45) is 23.5 Å². The topological polar surface area (TPSA) is 107 Å². The lowest BCUT2D eigenvalue weighted by atomic mass is 9.85. The zero-order valence-corrected chi connectivity index (χ0v) is 18.8. The number of thioether (sulfide) groups is 1. The Balaban J connectivity index is 1.46. The Morgan fingerprint density at radius 1 is 1.27 bits per heavy atom. The normalized spacial score (nSPS) is 38.4. The molecule has 4 rings (SSSR count). The molecule has 3 heterocycles. The number of amides is 1. The highest BCUT2D eigenvalue weighted by atomic mass is 32.2. The third-order valence-corrected chi connectivity index (χ3v) is 9.31. The second kappa shape index (κ2) is 8.81. The van der Waals surface area contributed by atoms with E-state index < -0.39 is 12.1 Å². The fourth-order valence-electron chi connectivity index (χ4n) is 6.07. The Morgan fingerprint density at radius 2 is 1.97 bits per heavy atom. The van der Waals surface area contributed by atoms with E-state index in [0.717, 1.165) is 31.0 Å². The van der Waals surface area contributed by atoms with Crippen LogP contribution in [-0.4, -0.2) is 75.0 Å². The molecule has 3 fully saturated rings. The van der Waals surface area contributed by atoms with E-state index in [1.807, 2.05) is 6.92 Å². The lowest BCUT2D eigenvalue weighted by Gasteiger charge is -2.34. The molecule has 7 nitrogen and oxygen atoms in total. The summed E-state index contributed by atoms with van der Waals surface area (Å²) in [5.41, 5.74) is 5.99. The van der Waals surface area contributed by atoms with Crippen LogP contribution in [0.4, 0.5) is 0 Å². The molecular weight excluding hydrogens is 402 g/mol. The smallest absolute Gasteiger partial charge is 0.353 e. The van der Waals surface area contributed by atoms with Gasteiger partial charge in [0, 0.05) is 41.0 Å². The van der Waals surface area contributed by atoms with E-state index in [4.69, 9.17) is 5.73 Å². The van der Waals surface area contributed by atoms with Crippen LogP contribution in [0.3, 0.4) is 0 Å². The lowest BCUT2D eigenvalue weighted by Crippen LogP contribution is -2.38. The maximum absolute atomic E-state index is 12.6. The van der Waals surface area contributed by atoms with Gasteiger partial charge in [0.25, 0.3) is 0 Å². The molecule has 2 saturated heterocycles. The molecule has 0 unspecified atom stereocenters. The highest BCUT2D eigenvalue weighted by Crippen LogP contribution is 2.50. The number of carboxylic acids is 1. The number of aliphatic carboxylic acids is 1. The second-order valence-electron chi connectivity index (χ2n) is 9.60. The number of hydrogen-bond donors (Lipinski definition) is 3. The van der Waals surface area contributed by atoms with Crippen molar-refractivity contribution in [3.05, 3.63) is 10.6 Å². The van der Waals surface area contributed by atoms with E-state index in [1.165, 1.54) is 30.6 Å². The predicted molar refractivity (Wildman–Crippen MR) is 117 cm³/mol. The predicted octanol–water partition coefficient (Wildman–Crippen LogP) is 1.86. The van der Waals surface area contributed by atoms with Crippen LogP contribution in [0.25, 0.3) is 0 Å². The summed E-state index contributed by atoms with van der Waals surface area (Å²) in [5, 5.41) is 20.5. The average Bonchev–Trinajstić information content (AvgIpc) is 3.39. The number of aliphatic hydroxyl groups is 1. The van der Waals surface area contributed by atoms with Crippen molar-refractivity contribution in [1.82, 2.24) is 9.80 Å². The summed E-state index contributed by atoms with van der Waals surface area (Å²) < 4.78 is 0. The summed E-state index contributed by atoms with van der Waals surface area (Å²) in [6.45, 7) is 6.55. The zero-order chi connectivity index (χ0) is 21.6. The molecule has 0 radical (unpaired) electrons. The SMILES string of the molecule is C[C@@H](O)[C@@H]1CC(=O)N2C(C(=O)O)=C(S[C@@H]3CCN(C4CCC(CN)CC4)C3)[C@H](C)[C@H]12. The Labute approximate surface area is 183 Å². The number of carbonyl (C=O) groups excluding carboxylic acids is 1. The van der Waals surface area contributed by atoms with E-state index >= 15 is 0 Å². The maximum atomic E-state index is 12.6. The van der Waals surface area contributed by atoms with Crippen molar-refractivity contribution in [2.45, 2.75) is 75.8 Å². The van der Waals surface area contributed by atoms with Crippen molar-refractivity contribution < 1.29 is 19.8 Å². The molecule has 0 aromatic carbocycles. The zero-order valence-electron chi connectivity index (χ0n) is 18.0. The van der Waals surface area contributed by atoms with E-state index in [2.05, 4.69) is 4.90 Å². The van der Waals surface area contributed by atoms with Gasteiger partial charge in [-0.2, -0.15) is 0 Å². The van der Waals surface area contributed by atoms with Crippen LogP contribution in [0, 0.1) is 17.8 Å². The van der Waals surface area contributed by atoms with E-state index in [1.54, 1.807) is 18.7 Å². The average molecular weight is 438 g/mol. The molecule has 168 valence electrons. The van der Waals surface area contributed by atoms with Crippen molar-refractivity contribution in [1.29, 1.82) is 0 Å². The third kappa shape index (κ3) is 3.92. The summed E-state index contributed by atoms with van der Waals surface area (Å²) in [5.74, 6) is -0.791. The molecule has 4 N–H and O–H groups in total. The van der Waals surface area contributed by atoms with Crippen LogP contribution in [0.2, 0.25) is 0 Å². The van der Waals surface area contributed by atoms with Crippen molar-refractivity contribution in [3.8, 4) is 0 Å². The molecule has 1 aliphatic carbocycles. The van der Waals surface area contributed by atoms with Crippen LogP contribution in [0.1, 0.15) is 52.4 Å². The first kappa shape index (κ1) is 22.1. The molecule has 1 saturated carbocycles. The Bertz CT molecular complexity index is 719. The number of rotatable bonds is 6. The number of nitrogens with zero attached hydrogens (tertiary/aromatic N) is 2. The van der Waals surface area contributed by atoms with Gasteiger partial charge in [0.15, 0.2) is 0 Å². The molecule has 5 atom stereocenters. The fourth-order valence-corrected chi connectivity index (χ4v) is 7.57. The minimum absolute atomic E-state index is 0.0545. The first-order valence-electron chi connectivity index (χ1n) is 11.4. The number of carboxylic acid groups (broad SMARTS) is 1. The van der Waals surface area contributed by atoms with E-state index in [0.29, 0.717) is 17.2 Å². The number of aliphatic hydroxyl groups excluding tert-OH is 1. The molecule has 0 bridgehead atoms. The van der Waals surface area contributed by atoms with Crippen LogP contribution < -0.4 is 5.73 Å². The standard InChI is InChI=1S/C22H35N3O4S/c1-12-19-17(13(2)26)9-18(27)25(19)20(22(28)29)21(12)30-16-7-8-24(11-16)15-5-3-14(10-23)4-6-15/h12-17,19,26H,3-11,23H2,1-2H3,(H,28,29)/t12-,13-,14?,15?,16-,17+,19-/m1/s1. The van der Waals surface area contributed by atoms with Gasteiger partial charge in [-0.1, -0.05) is 6.92 Å². The molecule has 1 amide bonds. The molecule has 3 aliphatic heterocycles. The lowest BCUT2D eigenvalue weighted by molar-refractivity contribution is -0.138. The fraction of sp³-hybridized carbons (Fsp3) is 0.818. The van der Waals surface area contributed by atoms with Gasteiger partial charge in [-0.05, 0) is 58.0 Å². The molecule has 0 spiro atoms. The largest absolute Gasteiger partial charge is 0.477 e. The van der Waals surface area contributed by atoms with Gasteiger partial charge < -0.3 is 20.8 Å².